The molecule has 0 radical (unpaired) electrons. The van der Waals surface area contributed by atoms with E-state index in [1.165, 1.54) is 20.8 Å². The number of ketones is 5. The van der Waals surface area contributed by atoms with Crippen LogP contribution in [0.5, 0.6) is 0 Å². The summed E-state index contributed by atoms with van der Waals surface area (Å²) in [5.41, 5.74) is 3.14. The Balaban J connectivity index is 0.000000620. The lowest BCUT2D eigenvalue weighted by Crippen LogP contribution is -2.29. The van der Waals surface area contributed by atoms with E-state index >= 15 is 0 Å². The summed E-state index contributed by atoms with van der Waals surface area (Å²) >= 11 is 0. The van der Waals surface area contributed by atoms with Crippen LogP contribution < -0.4 is 0 Å². The first-order chi connectivity index (χ1) is 16.0. The third-order valence-electron chi connectivity index (χ3n) is 6.59. The minimum atomic E-state index is -0.0622. The first-order valence-corrected chi connectivity index (χ1v) is 12.6. The van der Waals surface area contributed by atoms with Gasteiger partial charge >= 0.3 is 0 Å². The van der Waals surface area contributed by atoms with Crippen molar-refractivity contribution in [1.29, 1.82) is 0 Å². The summed E-state index contributed by atoms with van der Waals surface area (Å²) in [6.45, 7) is 10.6. The molecule has 2 rings (SSSR count). The lowest BCUT2D eigenvalue weighted by atomic mass is 9.72. The molecule has 0 aromatic heterocycles. The summed E-state index contributed by atoms with van der Waals surface area (Å²) in [5, 5.41) is 0. The Morgan fingerprint density at radius 1 is 0.941 bits per heavy atom. The van der Waals surface area contributed by atoms with Crippen LogP contribution in [-0.2, 0) is 25.6 Å². The van der Waals surface area contributed by atoms with Crippen molar-refractivity contribution in [3.05, 3.63) is 34.9 Å². The summed E-state index contributed by atoms with van der Waals surface area (Å²) in [5.74, 6) is 0.937. The van der Waals surface area contributed by atoms with Gasteiger partial charge in [0.05, 0.1) is 6.42 Å². The molecule has 34 heavy (non-hydrogen) atoms. The molecule has 0 fully saturated rings. The quantitative estimate of drug-likeness (QED) is 0.346. The number of Topliss-reactive ketones (excluding diaryl/α,β-unsaturated/α-hetero) is 5. The molecule has 0 N–H and O–H groups in total. The van der Waals surface area contributed by atoms with E-state index in [1.807, 2.05) is 26.0 Å². The summed E-state index contributed by atoms with van der Waals surface area (Å²) in [7, 11) is 0. The van der Waals surface area contributed by atoms with Crippen molar-refractivity contribution in [2.45, 2.75) is 99.3 Å². The molecule has 0 heterocycles. The SMILES string of the molecule is CC(=O)CCC(C)=O.CCCC(CC1CC(=O)c2c(C)cccc2C1)C(CC)C(=O)CC(C)=O. The van der Waals surface area contributed by atoms with Crippen LogP contribution in [0, 0.1) is 24.7 Å². The van der Waals surface area contributed by atoms with Gasteiger partial charge in [0.2, 0.25) is 0 Å². The van der Waals surface area contributed by atoms with Crippen molar-refractivity contribution in [2.24, 2.45) is 17.8 Å². The summed E-state index contributed by atoms with van der Waals surface area (Å²) in [4.78, 5) is 57.0. The molecule has 1 aromatic carbocycles. The van der Waals surface area contributed by atoms with Gasteiger partial charge in [0.25, 0.3) is 0 Å². The van der Waals surface area contributed by atoms with Crippen LogP contribution >= 0.6 is 0 Å². The highest BCUT2D eigenvalue weighted by Crippen LogP contribution is 2.36. The Kier molecular flexibility index (Phi) is 12.8. The Labute approximate surface area is 205 Å². The van der Waals surface area contributed by atoms with Crippen LogP contribution in [0.1, 0.15) is 107 Å². The van der Waals surface area contributed by atoms with E-state index in [4.69, 9.17) is 0 Å². The second kappa shape index (κ2) is 14.7. The van der Waals surface area contributed by atoms with Crippen LogP contribution in [0.4, 0.5) is 0 Å². The molecule has 1 aliphatic rings. The highest BCUT2D eigenvalue weighted by atomic mass is 16.2. The average Bonchev–Trinajstić information content (AvgIpc) is 2.72. The van der Waals surface area contributed by atoms with Gasteiger partial charge in [-0.1, -0.05) is 44.9 Å². The lowest BCUT2D eigenvalue weighted by Gasteiger charge is -2.31. The smallest absolute Gasteiger partial charge is 0.163 e. The van der Waals surface area contributed by atoms with Crippen LogP contribution in [0.2, 0.25) is 0 Å². The molecular formula is C29H42O5. The van der Waals surface area contributed by atoms with Crippen molar-refractivity contribution < 1.29 is 24.0 Å². The Morgan fingerprint density at radius 2 is 1.56 bits per heavy atom. The molecule has 5 heteroatoms. The number of rotatable bonds is 12. The maximum Gasteiger partial charge on any atom is 0.163 e. The van der Waals surface area contributed by atoms with Gasteiger partial charge in [-0.15, -0.1) is 0 Å². The molecule has 3 atom stereocenters. The highest BCUT2D eigenvalue weighted by Gasteiger charge is 2.32. The van der Waals surface area contributed by atoms with Gasteiger partial charge in [-0.05, 0) is 69.9 Å². The number of hydrogen-bond donors (Lipinski definition) is 0. The molecule has 1 aliphatic carbocycles. The van der Waals surface area contributed by atoms with Crippen molar-refractivity contribution in [1.82, 2.24) is 0 Å². The molecule has 1 aromatic rings. The second-order valence-electron chi connectivity index (χ2n) is 9.85. The summed E-state index contributed by atoms with van der Waals surface area (Å²) in [6.07, 6.45) is 6.01. The summed E-state index contributed by atoms with van der Waals surface area (Å²) < 4.78 is 0. The van der Waals surface area contributed by atoms with Crippen LogP contribution in [0.15, 0.2) is 18.2 Å². The molecule has 0 saturated carbocycles. The third-order valence-corrected chi connectivity index (χ3v) is 6.59. The van der Waals surface area contributed by atoms with Gasteiger partial charge in [0.1, 0.15) is 23.1 Å². The van der Waals surface area contributed by atoms with Crippen LogP contribution in [0.3, 0.4) is 0 Å². The zero-order valence-electron chi connectivity index (χ0n) is 21.9. The van der Waals surface area contributed by atoms with Crippen LogP contribution in [0.25, 0.3) is 0 Å². The standard InChI is InChI=1S/C23H32O3.C6H10O2/c1-5-8-18(20(6-2)21(25)11-16(4)24)12-17-13-19-10-7-9-15(3)23(19)22(26)14-17;1-5(7)3-4-6(2)8/h7,9-10,17-18,20H,5-6,8,11-14H2,1-4H3;3-4H2,1-2H3. The van der Waals surface area contributed by atoms with Gasteiger partial charge in [0, 0.05) is 30.7 Å². The van der Waals surface area contributed by atoms with Crippen molar-refractivity contribution >= 4 is 28.9 Å². The van der Waals surface area contributed by atoms with E-state index in [1.54, 1.807) is 0 Å². The predicted molar refractivity (Wildman–Crippen MR) is 135 cm³/mol. The summed E-state index contributed by atoms with van der Waals surface area (Å²) in [6, 6.07) is 6.10. The van der Waals surface area contributed by atoms with Crippen LogP contribution in [-0.4, -0.2) is 28.9 Å². The second-order valence-corrected chi connectivity index (χ2v) is 9.85. The fourth-order valence-corrected chi connectivity index (χ4v) is 5.05. The molecule has 0 aliphatic heterocycles. The lowest BCUT2D eigenvalue weighted by molar-refractivity contribution is -0.130. The van der Waals surface area contributed by atoms with E-state index in [-0.39, 0.29) is 47.2 Å². The number of hydrogen-bond acceptors (Lipinski definition) is 5. The predicted octanol–water partition coefficient (Wildman–Crippen LogP) is 6.07. The molecule has 3 unspecified atom stereocenters. The van der Waals surface area contributed by atoms with Gasteiger partial charge in [-0.3, -0.25) is 14.4 Å². The maximum absolute atomic E-state index is 12.7. The van der Waals surface area contributed by atoms with E-state index in [2.05, 4.69) is 13.0 Å². The van der Waals surface area contributed by atoms with E-state index in [0.29, 0.717) is 25.2 Å². The van der Waals surface area contributed by atoms with Crippen molar-refractivity contribution in [2.75, 3.05) is 0 Å². The first-order valence-electron chi connectivity index (χ1n) is 12.6. The Hall–Kier alpha value is -2.43. The molecule has 5 nitrogen and oxygen atoms in total. The minimum Gasteiger partial charge on any atom is -0.300 e. The number of fused-ring (bicyclic) bond motifs is 1. The monoisotopic (exact) mass is 470 g/mol. The Morgan fingerprint density at radius 3 is 2.06 bits per heavy atom. The molecule has 0 spiro atoms. The normalized spacial score (nSPS) is 16.5. The average molecular weight is 471 g/mol. The fourth-order valence-electron chi connectivity index (χ4n) is 5.05. The van der Waals surface area contributed by atoms with Gasteiger partial charge < -0.3 is 9.59 Å². The molecule has 0 bridgehead atoms. The molecular weight excluding hydrogens is 428 g/mol. The zero-order chi connectivity index (χ0) is 25.8. The van der Waals surface area contributed by atoms with Gasteiger partial charge in [-0.2, -0.15) is 0 Å². The Bertz CT molecular complexity index is 869. The third kappa shape index (κ3) is 9.82. The first kappa shape index (κ1) is 29.6. The zero-order valence-corrected chi connectivity index (χ0v) is 21.9. The highest BCUT2D eigenvalue weighted by molar-refractivity contribution is 6.00. The minimum absolute atomic E-state index is 0.0460. The molecule has 0 saturated heterocycles. The number of carbonyl (C=O) groups is 5. The largest absolute Gasteiger partial charge is 0.300 e. The fraction of sp³-hybridized carbons (Fsp3) is 0.621. The molecule has 0 amide bonds. The number of carbonyl (C=O) groups excluding carboxylic acids is 5. The maximum atomic E-state index is 12.7. The van der Waals surface area contributed by atoms with E-state index < -0.39 is 0 Å². The number of aryl methyl sites for hydroxylation is 1. The van der Waals surface area contributed by atoms with Gasteiger partial charge in [0.15, 0.2) is 5.78 Å². The number of benzene rings is 1. The topological polar surface area (TPSA) is 85.3 Å². The van der Waals surface area contributed by atoms with E-state index in [9.17, 15) is 24.0 Å². The van der Waals surface area contributed by atoms with Gasteiger partial charge in [-0.25, -0.2) is 0 Å². The van der Waals surface area contributed by atoms with Crippen molar-refractivity contribution in [3.63, 3.8) is 0 Å². The molecule has 188 valence electrons. The van der Waals surface area contributed by atoms with Crippen molar-refractivity contribution in [3.8, 4) is 0 Å². The van der Waals surface area contributed by atoms with E-state index in [0.717, 1.165) is 48.8 Å².